The van der Waals surface area contributed by atoms with Crippen molar-refractivity contribution in [1.82, 2.24) is 25.5 Å². The predicted octanol–water partition coefficient (Wildman–Crippen LogP) is 6.56. The van der Waals surface area contributed by atoms with Crippen LogP contribution in [0.1, 0.15) is 145 Å². The van der Waals surface area contributed by atoms with Gasteiger partial charge in [-0.15, -0.1) is 0 Å². The highest BCUT2D eigenvalue weighted by atomic mass is 16.2. The van der Waals surface area contributed by atoms with Crippen LogP contribution in [-0.4, -0.2) is 74.6 Å². The molecule has 1 aromatic heterocycles. The third kappa shape index (κ3) is 10.9. The number of benzene rings is 1. The zero-order valence-corrected chi connectivity index (χ0v) is 33.0. The molecule has 55 heavy (non-hydrogen) atoms. The molecule has 5 rings (SSSR count). The monoisotopic (exact) mass is 755 g/mol. The van der Waals surface area contributed by atoms with E-state index in [1.165, 1.54) is 18.6 Å². The van der Waals surface area contributed by atoms with Gasteiger partial charge in [0, 0.05) is 37.7 Å². The number of aromatic nitrogens is 2. The Hall–Kier alpha value is -4.28. The van der Waals surface area contributed by atoms with Crippen molar-refractivity contribution < 1.29 is 28.8 Å². The minimum absolute atomic E-state index is 0.0761. The fourth-order valence-corrected chi connectivity index (χ4v) is 9.28. The van der Waals surface area contributed by atoms with Crippen LogP contribution in [-0.2, 0) is 24.0 Å². The molecule has 2 aromatic rings. The van der Waals surface area contributed by atoms with Gasteiger partial charge in [-0.3, -0.25) is 33.8 Å². The number of ketones is 3. The summed E-state index contributed by atoms with van der Waals surface area (Å²) in [4.78, 5) is 93.7. The van der Waals surface area contributed by atoms with Gasteiger partial charge in [0.15, 0.2) is 11.6 Å². The lowest BCUT2D eigenvalue weighted by Gasteiger charge is -2.37. The van der Waals surface area contributed by atoms with Gasteiger partial charge >= 0.3 is 0 Å². The number of carbonyl (C=O) groups excluding carboxylic acids is 6. The summed E-state index contributed by atoms with van der Waals surface area (Å²) < 4.78 is 0. The van der Waals surface area contributed by atoms with E-state index in [1.807, 2.05) is 51.1 Å². The maximum absolute atomic E-state index is 14.8. The number of hydrogen-bond donors (Lipinski definition) is 2. The Bertz CT molecular complexity index is 1610. The van der Waals surface area contributed by atoms with E-state index in [-0.39, 0.29) is 59.8 Å². The molecule has 0 spiro atoms. The van der Waals surface area contributed by atoms with Crippen molar-refractivity contribution in [2.75, 3.05) is 6.54 Å². The summed E-state index contributed by atoms with van der Waals surface area (Å²) in [6.07, 6.45) is 15.7. The Morgan fingerprint density at radius 1 is 0.800 bits per heavy atom. The Kier molecular flexibility index (Phi) is 15.7. The largest absolute Gasteiger partial charge is 0.342 e. The molecule has 3 amide bonds. The first kappa shape index (κ1) is 41.9. The Labute approximate surface area is 326 Å². The van der Waals surface area contributed by atoms with Gasteiger partial charge in [0.1, 0.15) is 17.8 Å². The van der Waals surface area contributed by atoms with Gasteiger partial charge in [-0.2, -0.15) is 0 Å². The second-order valence-corrected chi connectivity index (χ2v) is 16.2. The predicted molar refractivity (Wildman–Crippen MR) is 210 cm³/mol. The van der Waals surface area contributed by atoms with Crippen molar-refractivity contribution in [3.8, 4) is 0 Å². The molecule has 11 heteroatoms. The second-order valence-electron chi connectivity index (χ2n) is 16.2. The standard InChI is InChI=1S/C44H61N5O6/c1-4-15-34(41(52)37(51)26-29(3)31-16-9-6-10-17-31)27-36(50)40-30(5-2)22-25-49(40)44(55)39(33-20-13-8-14-21-33)48-43(54)38(32-18-11-7-12-19-32)47-42(53)35-28-45-23-24-46-35/h6,9-10,16-17,23-24,28-30,32-34,38-40H,4-5,7-8,11-15,18-22,25-27H2,1-3H3,(H,47,53)(H,48,54)/t29-,30+,34?,38+,39+,40+/m1/s1. The molecule has 6 atom stereocenters. The van der Waals surface area contributed by atoms with Crippen LogP contribution >= 0.6 is 0 Å². The lowest BCUT2D eigenvalue weighted by molar-refractivity contribution is -0.145. The first-order valence-corrected chi connectivity index (χ1v) is 20.9. The number of nitrogens with zero attached hydrogens (tertiary/aromatic N) is 3. The normalized spacial score (nSPS) is 21.5. The maximum atomic E-state index is 14.8. The van der Waals surface area contributed by atoms with E-state index in [9.17, 15) is 28.8 Å². The third-order valence-electron chi connectivity index (χ3n) is 12.4. The summed E-state index contributed by atoms with van der Waals surface area (Å²) in [5.74, 6) is -3.48. The molecule has 11 nitrogen and oxygen atoms in total. The molecule has 1 aliphatic heterocycles. The SMILES string of the molecule is CCCC(CC(=O)[C@@H]1[C@@H](CC)CCN1C(=O)[C@@H](NC(=O)[C@@H](NC(=O)c1cnccn1)C1CCCCC1)C1CCCCC1)C(=O)C(=O)C[C@@H](C)c1ccccc1. The van der Waals surface area contributed by atoms with E-state index in [0.29, 0.717) is 32.2 Å². The fourth-order valence-electron chi connectivity index (χ4n) is 9.28. The average molecular weight is 756 g/mol. The number of Topliss-reactive ketones (excluding diaryl/α,β-unsaturated/α-hetero) is 3. The van der Waals surface area contributed by atoms with E-state index in [2.05, 4.69) is 20.6 Å². The topological polar surface area (TPSA) is 156 Å². The summed E-state index contributed by atoms with van der Waals surface area (Å²) >= 11 is 0. The molecule has 2 N–H and O–H groups in total. The molecule has 2 heterocycles. The summed E-state index contributed by atoms with van der Waals surface area (Å²) in [6.45, 7) is 6.26. The van der Waals surface area contributed by atoms with Crippen LogP contribution in [0.5, 0.6) is 0 Å². The molecule has 3 fully saturated rings. The third-order valence-corrected chi connectivity index (χ3v) is 12.4. The first-order chi connectivity index (χ1) is 26.6. The van der Waals surface area contributed by atoms with Crippen molar-refractivity contribution in [3.63, 3.8) is 0 Å². The van der Waals surface area contributed by atoms with E-state index >= 15 is 0 Å². The van der Waals surface area contributed by atoms with Crippen LogP contribution in [0.4, 0.5) is 0 Å². The number of carbonyl (C=O) groups is 6. The highest BCUT2D eigenvalue weighted by Crippen LogP contribution is 2.35. The van der Waals surface area contributed by atoms with Crippen LogP contribution in [0.3, 0.4) is 0 Å². The van der Waals surface area contributed by atoms with Crippen molar-refractivity contribution in [3.05, 3.63) is 60.2 Å². The smallest absolute Gasteiger partial charge is 0.272 e. The molecule has 2 aliphatic carbocycles. The molecule has 0 radical (unpaired) electrons. The van der Waals surface area contributed by atoms with E-state index in [1.54, 1.807) is 4.90 Å². The molecule has 3 aliphatic rings. The summed E-state index contributed by atoms with van der Waals surface area (Å²) in [5.41, 5.74) is 1.10. The zero-order chi connectivity index (χ0) is 39.3. The van der Waals surface area contributed by atoms with Gasteiger partial charge in [-0.05, 0) is 67.8 Å². The summed E-state index contributed by atoms with van der Waals surface area (Å²) in [6, 6.07) is 7.18. The molecule has 1 saturated heterocycles. The molecule has 298 valence electrons. The van der Waals surface area contributed by atoms with Gasteiger partial charge in [-0.25, -0.2) is 4.98 Å². The number of rotatable bonds is 18. The van der Waals surface area contributed by atoms with Crippen molar-refractivity contribution in [1.29, 1.82) is 0 Å². The zero-order valence-electron chi connectivity index (χ0n) is 33.0. The van der Waals surface area contributed by atoms with E-state index in [4.69, 9.17) is 0 Å². The number of nitrogens with one attached hydrogen (secondary N) is 2. The highest BCUT2D eigenvalue weighted by Gasteiger charge is 2.46. The Morgan fingerprint density at radius 2 is 1.45 bits per heavy atom. The van der Waals surface area contributed by atoms with Crippen molar-refractivity contribution in [2.45, 2.75) is 148 Å². The summed E-state index contributed by atoms with van der Waals surface area (Å²) in [7, 11) is 0. The van der Waals surface area contributed by atoms with Gasteiger partial charge in [0.2, 0.25) is 17.6 Å². The van der Waals surface area contributed by atoms with Gasteiger partial charge < -0.3 is 15.5 Å². The molecular weight excluding hydrogens is 695 g/mol. The number of likely N-dealkylation sites (tertiary alicyclic amines) is 1. The summed E-state index contributed by atoms with van der Waals surface area (Å²) in [5, 5.41) is 6.09. The highest BCUT2D eigenvalue weighted by molar-refractivity contribution is 6.38. The van der Waals surface area contributed by atoms with E-state index < -0.39 is 41.5 Å². The molecule has 1 unspecified atom stereocenters. The number of amides is 3. The minimum atomic E-state index is -0.854. The maximum Gasteiger partial charge on any atom is 0.272 e. The average Bonchev–Trinajstić information content (AvgIpc) is 3.67. The molecule has 0 bridgehead atoms. The quantitative estimate of drug-likeness (QED) is 0.162. The van der Waals surface area contributed by atoms with Crippen LogP contribution in [0.25, 0.3) is 0 Å². The van der Waals surface area contributed by atoms with Crippen molar-refractivity contribution >= 4 is 35.1 Å². The molecule has 2 saturated carbocycles. The van der Waals surface area contributed by atoms with Crippen LogP contribution in [0.15, 0.2) is 48.9 Å². The van der Waals surface area contributed by atoms with Crippen molar-refractivity contribution in [2.24, 2.45) is 23.7 Å². The Balaban J connectivity index is 1.35. The van der Waals surface area contributed by atoms with E-state index in [0.717, 1.165) is 69.8 Å². The molecule has 1 aromatic carbocycles. The Morgan fingerprint density at radius 3 is 2.05 bits per heavy atom. The molecular formula is C44H61N5O6. The van der Waals surface area contributed by atoms with Gasteiger partial charge in [0.25, 0.3) is 5.91 Å². The lowest BCUT2D eigenvalue weighted by atomic mass is 9.81. The second kappa shape index (κ2) is 20.6. The van der Waals surface area contributed by atoms with Crippen LogP contribution < -0.4 is 10.6 Å². The van der Waals surface area contributed by atoms with Gasteiger partial charge in [0.05, 0.1) is 12.2 Å². The van der Waals surface area contributed by atoms with Crippen LogP contribution in [0, 0.1) is 23.7 Å². The lowest BCUT2D eigenvalue weighted by Crippen LogP contribution is -2.60. The number of hydrogen-bond acceptors (Lipinski definition) is 8. The first-order valence-electron chi connectivity index (χ1n) is 20.9. The minimum Gasteiger partial charge on any atom is -0.342 e. The fraction of sp³-hybridized carbons (Fsp3) is 0.636. The van der Waals surface area contributed by atoms with Gasteiger partial charge in [-0.1, -0.05) is 102 Å². The van der Waals surface area contributed by atoms with Crippen LogP contribution in [0.2, 0.25) is 0 Å².